The van der Waals surface area contributed by atoms with Crippen molar-refractivity contribution in [1.29, 1.82) is 0 Å². The predicted octanol–water partition coefficient (Wildman–Crippen LogP) is 4.08. The summed E-state index contributed by atoms with van der Waals surface area (Å²) in [6, 6.07) is 0. The van der Waals surface area contributed by atoms with Gasteiger partial charge in [-0.2, -0.15) is 26.0 Å². The minimum atomic E-state index is -6.10. The lowest BCUT2D eigenvalue weighted by Crippen LogP contribution is -2.46. The van der Waals surface area contributed by atoms with Crippen LogP contribution in [0.15, 0.2) is 0 Å². The quantitative estimate of drug-likeness (QED) is 0.353. The summed E-state index contributed by atoms with van der Waals surface area (Å²) in [6.07, 6.45) is 3.41. The van der Waals surface area contributed by atoms with E-state index in [0.717, 1.165) is 25.7 Å². The lowest BCUT2D eigenvalue weighted by Gasteiger charge is -2.23. The Hall–Kier alpha value is -0.410. The molecule has 2 N–H and O–H groups in total. The zero-order chi connectivity index (χ0) is 17.9. The fourth-order valence-electron chi connectivity index (χ4n) is 1.64. The Balaban J connectivity index is 0. The third-order valence-electron chi connectivity index (χ3n) is 2.84. The predicted molar refractivity (Wildman–Crippen MR) is 79.0 cm³/mol. The van der Waals surface area contributed by atoms with Crippen molar-refractivity contribution in [3.63, 3.8) is 0 Å². The summed E-state index contributed by atoms with van der Waals surface area (Å²) in [5.41, 5.74) is 0. The van der Waals surface area contributed by atoms with E-state index >= 15 is 0 Å². The van der Waals surface area contributed by atoms with Crippen LogP contribution < -0.4 is 5.32 Å². The Kier molecular flexibility index (Phi) is 12.1. The van der Waals surface area contributed by atoms with Crippen LogP contribution in [0.1, 0.15) is 58.3 Å². The zero-order valence-corrected chi connectivity index (χ0v) is 14.2. The maximum atomic E-state index is 13.0. The largest absolute Gasteiger partial charge is 0.431 e. The van der Waals surface area contributed by atoms with Crippen LogP contribution in [0.5, 0.6) is 0 Å². The van der Waals surface area contributed by atoms with Crippen molar-refractivity contribution in [1.82, 2.24) is 5.32 Å². The van der Waals surface area contributed by atoms with Gasteiger partial charge in [0.2, 0.25) is 0 Å². The molecule has 0 heterocycles. The van der Waals surface area contributed by atoms with E-state index in [-0.39, 0.29) is 6.42 Å². The van der Waals surface area contributed by atoms with Crippen LogP contribution in [0.4, 0.5) is 17.6 Å². The Morgan fingerprint density at radius 3 is 1.64 bits per heavy atom. The van der Waals surface area contributed by atoms with Gasteiger partial charge in [-0.25, -0.2) is 0 Å². The Bertz CT molecular complexity index is 375. The summed E-state index contributed by atoms with van der Waals surface area (Å²) >= 11 is 0. The fourth-order valence-corrected chi connectivity index (χ4v) is 2.12. The zero-order valence-electron chi connectivity index (χ0n) is 13.3. The summed E-state index contributed by atoms with van der Waals surface area (Å²) in [5.74, 6) is -4.75. The molecule has 0 atom stereocenters. The minimum Gasteiger partial charge on any atom is -0.323 e. The van der Waals surface area contributed by atoms with E-state index < -0.39 is 27.7 Å². The first-order valence-electron chi connectivity index (χ1n) is 7.29. The van der Waals surface area contributed by atoms with Gasteiger partial charge in [0.05, 0.1) is 0 Å². The number of halogens is 4. The molecule has 0 saturated carbocycles. The first kappa shape index (κ1) is 23.9. The lowest BCUT2D eigenvalue weighted by atomic mass is 10.1. The van der Waals surface area contributed by atoms with Gasteiger partial charge in [-0.1, -0.05) is 45.4 Å². The van der Waals surface area contributed by atoms with Gasteiger partial charge in [0.15, 0.2) is 0 Å². The van der Waals surface area contributed by atoms with Crippen molar-refractivity contribution in [3.8, 4) is 0 Å². The highest BCUT2D eigenvalue weighted by molar-refractivity contribution is 7.87. The molecule has 0 aliphatic rings. The van der Waals surface area contributed by atoms with E-state index in [1.54, 1.807) is 0 Å². The Morgan fingerprint density at radius 1 is 0.909 bits per heavy atom. The summed E-state index contributed by atoms with van der Waals surface area (Å²) in [6.45, 7) is 2.03. The van der Waals surface area contributed by atoms with Crippen LogP contribution in [-0.4, -0.2) is 38.2 Å². The normalized spacial score (nSPS) is 12.7. The van der Waals surface area contributed by atoms with E-state index in [4.69, 9.17) is 4.55 Å². The molecule has 4 nitrogen and oxygen atoms in total. The fraction of sp³-hybridized carbons (Fsp3) is 1.00. The molecule has 0 aromatic carbocycles. The van der Waals surface area contributed by atoms with Crippen LogP contribution in [0.3, 0.4) is 0 Å². The average molecular weight is 353 g/mol. The molecule has 0 aromatic heterocycles. The molecule has 0 spiro atoms. The van der Waals surface area contributed by atoms with E-state index in [1.165, 1.54) is 0 Å². The molecule has 0 rings (SSSR count). The second kappa shape index (κ2) is 11.2. The van der Waals surface area contributed by atoms with Crippen molar-refractivity contribution >= 4 is 10.1 Å². The van der Waals surface area contributed by atoms with Crippen molar-refractivity contribution < 1.29 is 30.5 Å². The minimum absolute atomic E-state index is 0.204. The number of nitrogens with one attached hydrogen (secondary N) is 1. The van der Waals surface area contributed by atoms with E-state index in [9.17, 15) is 26.0 Å². The third kappa shape index (κ3) is 8.89. The van der Waals surface area contributed by atoms with Crippen LogP contribution in [0.25, 0.3) is 0 Å². The van der Waals surface area contributed by atoms with Crippen LogP contribution in [0.2, 0.25) is 0 Å². The standard InChI is InChI=1S/C11H20F4O3S.C2H7N/c1-2-3-4-5-6-7-8-9-10(12,13)11(14,15)19(16,17)18;1-3-2/h2-9H2,1H3,(H,16,17,18);3H,1-2H3. The van der Waals surface area contributed by atoms with Crippen molar-refractivity contribution in [2.75, 3.05) is 14.1 Å². The molecule has 0 aliphatic heterocycles. The Morgan fingerprint density at radius 2 is 1.27 bits per heavy atom. The molecular formula is C13H27F4NO3S. The second-order valence-corrected chi connectivity index (χ2v) is 6.53. The highest BCUT2D eigenvalue weighted by atomic mass is 32.2. The first-order chi connectivity index (χ1) is 9.97. The SMILES string of the molecule is CCCCCCCCCC(F)(F)C(F)(F)S(=O)(=O)O.CNC. The number of hydrogen-bond acceptors (Lipinski definition) is 3. The van der Waals surface area contributed by atoms with Gasteiger partial charge < -0.3 is 5.32 Å². The molecule has 0 bridgehead atoms. The van der Waals surface area contributed by atoms with Crippen molar-refractivity contribution in [2.24, 2.45) is 0 Å². The first-order valence-corrected chi connectivity index (χ1v) is 8.73. The van der Waals surface area contributed by atoms with Crippen LogP contribution in [-0.2, 0) is 10.1 Å². The molecule has 0 amide bonds. The molecule has 0 saturated heterocycles. The lowest BCUT2D eigenvalue weighted by molar-refractivity contribution is -0.164. The smallest absolute Gasteiger partial charge is 0.323 e. The van der Waals surface area contributed by atoms with E-state index in [2.05, 4.69) is 5.32 Å². The molecule has 0 aliphatic carbocycles. The van der Waals surface area contributed by atoms with Crippen LogP contribution >= 0.6 is 0 Å². The van der Waals surface area contributed by atoms with Gasteiger partial charge in [-0.3, -0.25) is 4.55 Å². The van der Waals surface area contributed by atoms with Gasteiger partial charge in [0, 0.05) is 6.42 Å². The summed E-state index contributed by atoms with van der Waals surface area (Å²) < 4.78 is 80.3. The van der Waals surface area contributed by atoms with E-state index in [1.807, 2.05) is 21.0 Å². The maximum Gasteiger partial charge on any atom is 0.431 e. The number of alkyl halides is 4. The molecule has 0 radical (unpaired) electrons. The molecule has 0 unspecified atom stereocenters. The van der Waals surface area contributed by atoms with Gasteiger partial charge in [0.1, 0.15) is 0 Å². The maximum absolute atomic E-state index is 13.0. The summed E-state index contributed by atoms with van der Waals surface area (Å²) in [5, 5.41) is -2.68. The number of hydrogen-bond donors (Lipinski definition) is 2. The summed E-state index contributed by atoms with van der Waals surface area (Å²) in [4.78, 5) is 0. The number of unbranched alkanes of at least 4 members (excludes halogenated alkanes) is 6. The molecular weight excluding hydrogens is 326 g/mol. The topological polar surface area (TPSA) is 66.4 Å². The Labute approximate surface area is 130 Å². The molecule has 0 aromatic rings. The molecule has 136 valence electrons. The van der Waals surface area contributed by atoms with Gasteiger partial charge in [-0.05, 0) is 20.5 Å². The van der Waals surface area contributed by atoms with Gasteiger partial charge in [-0.15, -0.1) is 0 Å². The number of rotatable bonds is 10. The summed E-state index contributed by atoms with van der Waals surface area (Å²) in [7, 11) is -2.35. The third-order valence-corrected chi connectivity index (χ3v) is 3.79. The van der Waals surface area contributed by atoms with Gasteiger partial charge in [0.25, 0.3) is 0 Å². The monoisotopic (exact) mass is 353 g/mol. The molecule has 0 fully saturated rings. The molecule has 9 heteroatoms. The van der Waals surface area contributed by atoms with Crippen molar-refractivity contribution in [3.05, 3.63) is 0 Å². The van der Waals surface area contributed by atoms with Crippen LogP contribution in [0, 0.1) is 0 Å². The van der Waals surface area contributed by atoms with Gasteiger partial charge >= 0.3 is 21.3 Å². The highest BCUT2D eigenvalue weighted by Crippen LogP contribution is 2.41. The van der Waals surface area contributed by atoms with E-state index in [0.29, 0.717) is 12.8 Å². The molecule has 22 heavy (non-hydrogen) atoms. The van der Waals surface area contributed by atoms with Crippen molar-refractivity contribution in [2.45, 2.75) is 69.5 Å². The second-order valence-electron chi connectivity index (χ2n) is 5.07. The highest BCUT2D eigenvalue weighted by Gasteiger charge is 2.64. The average Bonchev–Trinajstić information content (AvgIpc) is 2.37.